The number of ether oxygens (including phenoxy) is 1. The van der Waals surface area contributed by atoms with E-state index in [1.165, 1.54) is 16.4 Å². The van der Waals surface area contributed by atoms with Crippen molar-refractivity contribution in [2.24, 2.45) is 0 Å². The minimum atomic E-state index is -3.89. The molecule has 176 valence electrons. The Morgan fingerprint density at radius 2 is 1.76 bits per heavy atom. The molecule has 13 heteroatoms. The average molecular weight is 497 g/mol. The molecule has 0 fully saturated rings. The van der Waals surface area contributed by atoms with Gasteiger partial charge in [-0.15, -0.1) is 0 Å². The molecule has 0 bridgehead atoms. The number of Topliss-reactive ketones (excluding diaryl/α,β-unsaturated/α-hetero) is 1. The average Bonchev–Trinajstić information content (AvgIpc) is 3.20. The van der Waals surface area contributed by atoms with Crippen LogP contribution in [0.1, 0.15) is 33.2 Å². The summed E-state index contributed by atoms with van der Waals surface area (Å²) in [7, 11) is -7.32. The molecule has 0 N–H and O–H groups in total. The number of nitrogens with zero attached hydrogens (tertiary/aromatic N) is 2. The van der Waals surface area contributed by atoms with Gasteiger partial charge in [-0.05, 0) is 49.2 Å². The lowest BCUT2D eigenvalue weighted by Crippen LogP contribution is -2.30. The molecule has 0 amide bonds. The molecule has 2 aromatic carbocycles. The van der Waals surface area contributed by atoms with Gasteiger partial charge >= 0.3 is 5.97 Å². The molecule has 0 spiro atoms. The summed E-state index contributed by atoms with van der Waals surface area (Å²) in [6, 6.07) is 7.28. The summed E-state index contributed by atoms with van der Waals surface area (Å²) in [5.41, 5.74) is 0.343. The Labute approximate surface area is 190 Å². The van der Waals surface area contributed by atoms with Gasteiger partial charge in [0, 0.05) is 24.4 Å². The lowest BCUT2D eigenvalue weighted by atomic mass is 10.1. The normalized spacial score (nSPS) is 13.5. The van der Waals surface area contributed by atoms with Gasteiger partial charge in [0.05, 0.1) is 21.9 Å². The van der Waals surface area contributed by atoms with Crippen LogP contribution in [-0.2, 0) is 31.0 Å². The van der Waals surface area contributed by atoms with E-state index in [1.807, 2.05) is 0 Å². The molecular formula is C20H20N2O9S2. The number of hydrogen-bond acceptors (Lipinski definition) is 9. The maximum Gasteiger partial charge on any atom is 0.338 e. The zero-order valence-corrected chi connectivity index (χ0v) is 19.3. The van der Waals surface area contributed by atoms with E-state index in [9.17, 15) is 36.5 Å². The molecular weight excluding hydrogens is 476 g/mol. The minimum absolute atomic E-state index is 0.0492. The van der Waals surface area contributed by atoms with Crippen LogP contribution in [0.25, 0.3) is 0 Å². The molecule has 0 unspecified atom stereocenters. The second-order valence-corrected chi connectivity index (χ2v) is 11.4. The number of ketones is 1. The molecule has 0 aromatic heterocycles. The van der Waals surface area contributed by atoms with Crippen LogP contribution in [-0.4, -0.2) is 58.7 Å². The quantitative estimate of drug-likeness (QED) is 0.230. The fourth-order valence-electron chi connectivity index (χ4n) is 3.39. The predicted molar refractivity (Wildman–Crippen MR) is 118 cm³/mol. The Balaban J connectivity index is 1.74. The molecule has 1 aliphatic heterocycles. The zero-order chi connectivity index (χ0) is 24.6. The largest absolute Gasteiger partial charge is 0.454 e. The van der Waals surface area contributed by atoms with Crippen molar-refractivity contribution < 1.29 is 36.1 Å². The Hall–Kier alpha value is -3.32. The van der Waals surface area contributed by atoms with E-state index in [2.05, 4.69) is 0 Å². The van der Waals surface area contributed by atoms with E-state index in [1.54, 1.807) is 13.0 Å². The van der Waals surface area contributed by atoms with Crippen molar-refractivity contribution >= 4 is 43.0 Å². The molecule has 33 heavy (non-hydrogen) atoms. The van der Waals surface area contributed by atoms with Crippen molar-refractivity contribution in [2.75, 3.05) is 29.5 Å². The second-order valence-electron chi connectivity index (χ2n) is 7.28. The first-order valence-electron chi connectivity index (χ1n) is 9.67. The summed E-state index contributed by atoms with van der Waals surface area (Å²) >= 11 is 0. The number of nitro groups is 1. The number of rotatable bonds is 8. The van der Waals surface area contributed by atoms with Crippen LogP contribution in [0.15, 0.2) is 41.3 Å². The van der Waals surface area contributed by atoms with Gasteiger partial charge in [-0.25, -0.2) is 21.6 Å². The smallest absolute Gasteiger partial charge is 0.338 e. The highest BCUT2D eigenvalue weighted by Gasteiger charge is 2.29. The SMILES string of the molecule is CCS(=O)(=O)N1CCc2cc(C(=O)COC(=O)c3ccc(S(C)(=O)=O)c([N+](=O)[O-])c3)ccc21. The Kier molecular flexibility index (Phi) is 6.56. The number of benzene rings is 2. The third kappa shape index (κ3) is 5.03. The summed E-state index contributed by atoms with van der Waals surface area (Å²) in [5.74, 6) is -1.63. The number of carbonyl (C=O) groups excluding carboxylic acids is 2. The fraction of sp³-hybridized carbons (Fsp3) is 0.300. The van der Waals surface area contributed by atoms with Crippen LogP contribution in [0.5, 0.6) is 0 Å². The summed E-state index contributed by atoms with van der Waals surface area (Å²) in [4.78, 5) is 34.5. The van der Waals surface area contributed by atoms with Crippen LogP contribution in [0.3, 0.4) is 0 Å². The summed E-state index contributed by atoms with van der Waals surface area (Å²) in [6.07, 6.45) is 1.24. The third-order valence-corrected chi connectivity index (χ3v) is 8.00. The van der Waals surface area contributed by atoms with E-state index in [0.29, 0.717) is 17.7 Å². The number of esters is 1. The second kappa shape index (κ2) is 8.90. The number of anilines is 1. The lowest BCUT2D eigenvalue weighted by molar-refractivity contribution is -0.387. The van der Waals surface area contributed by atoms with Gasteiger partial charge in [0.25, 0.3) is 5.69 Å². The van der Waals surface area contributed by atoms with Crippen molar-refractivity contribution in [1.29, 1.82) is 0 Å². The van der Waals surface area contributed by atoms with E-state index in [-0.39, 0.29) is 23.4 Å². The summed E-state index contributed by atoms with van der Waals surface area (Å²) in [5, 5.41) is 11.2. The molecule has 0 aliphatic carbocycles. The first-order valence-corrected chi connectivity index (χ1v) is 13.2. The molecule has 0 radical (unpaired) electrons. The van der Waals surface area contributed by atoms with Crippen LogP contribution in [0.4, 0.5) is 11.4 Å². The number of sulfonamides is 1. The van der Waals surface area contributed by atoms with Gasteiger partial charge in [0.1, 0.15) is 4.90 Å². The van der Waals surface area contributed by atoms with Gasteiger partial charge in [0.15, 0.2) is 22.2 Å². The first-order chi connectivity index (χ1) is 15.3. The molecule has 0 saturated heterocycles. The molecule has 0 atom stereocenters. The number of sulfone groups is 1. The zero-order valence-electron chi connectivity index (χ0n) is 17.7. The van der Waals surface area contributed by atoms with Gasteiger partial charge in [-0.2, -0.15) is 0 Å². The third-order valence-electron chi connectivity index (χ3n) is 5.08. The predicted octanol–water partition coefficient (Wildman–Crippen LogP) is 1.75. The lowest BCUT2D eigenvalue weighted by Gasteiger charge is -2.18. The fourth-order valence-corrected chi connectivity index (χ4v) is 5.38. The van der Waals surface area contributed by atoms with E-state index >= 15 is 0 Å². The molecule has 2 aromatic rings. The van der Waals surface area contributed by atoms with Gasteiger partial charge in [-0.1, -0.05) is 0 Å². The van der Waals surface area contributed by atoms with Gasteiger partial charge in [-0.3, -0.25) is 19.2 Å². The maximum absolute atomic E-state index is 12.5. The van der Waals surface area contributed by atoms with Crippen LogP contribution < -0.4 is 4.31 Å². The molecule has 11 nitrogen and oxygen atoms in total. The highest BCUT2D eigenvalue weighted by atomic mass is 32.2. The van der Waals surface area contributed by atoms with E-state index < -0.39 is 53.7 Å². The minimum Gasteiger partial charge on any atom is -0.454 e. The number of carbonyl (C=O) groups is 2. The first kappa shape index (κ1) is 24.3. The monoisotopic (exact) mass is 496 g/mol. The van der Waals surface area contributed by atoms with Gasteiger partial charge < -0.3 is 4.74 Å². The topological polar surface area (TPSA) is 158 Å². The van der Waals surface area contributed by atoms with Crippen molar-refractivity contribution in [3.05, 3.63) is 63.2 Å². The highest BCUT2D eigenvalue weighted by Crippen LogP contribution is 2.31. The molecule has 1 aliphatic rings. The van der Waals surface area contributed by atoms with Crippen molar-refractivity contribution in [2.45, 2.75) is 18.2 Å². The van der Waals surface area contributed by atoms with E-state index in [4.69, 9.17) is 4.74 Å². The molecule has 0 saturated carbocycles. The van der Waals surface area contributed by atoms with Crippen molar-refractivity contribution in [3.63, 3.8) is 0 Å². The number of fused-ring (bicyclic) bond motifs is 1. The Bertz CT molecular complexity index is 1370. The maximum atomic E-state index is 12.5. The summed E-state index contributed by atoms with van der Waals surface area (Å²) in [6.45, 7) is 1.17. The Morgan fingerprint density at radius 1 is 1.09 bits per heavy atom. The number of nitro benzene ring substituents is 1. The molecule has 3 rings (SSSR count). The van der Waals surface area contributed by atoms with Crippen molar-refractivity contribution in [1.82, 2.24) is 0 Å². The molecule has 1 heterocycles. The van der Waals surface area contributed by atoms with Crippen LogP contribution in [0, 0.1) is 10.1 Å². The van der Waals surface area contributed by atoms with Gasteiger partial charge in [0.2, 0.25) is 10.0 Å². The Morgan fingerprint density at radius 3 is 2.36 bits per heavy atom. The van der Waals surface area contributed by atoms with E-state index in [0.717, 1.165) is 24.5 Å². The summed E-state index contributed by atoms with van der Waals surface area (Å²) < 4.78 is 53.9. The van der Waals surface area contributed by atoms with Crippen LogP contribution >= 0.6 is 0 Å². The highest BCUT2D eigenvalue weighted by molar-refractivity contribution is 7.92. The number of hydrogen-bond donors (Lipinski definition) is 0. The van der Waals surface area contributed by atoms with Crippen molar-refractivity contribution in [3.8, 4) is 0 Å². The van der Waals surface area contributed by atoms with Crippen LogP contribution in [0.2, 0.25) is 0 Å². The standard InChI is InChI=1S/C20H20N2O9S2/c1-3-33(29,30)21-9-8-13-10-14(4-6-16(13)21)18(23)12-31-20(24)15-5-7-19(32(2,27)28)17(11-15)22(25)26/h4-7,10-11H,3,8-9,12H2,1-2H3.